The van der Waals surface area contributed by atoms with Crippen LogP contribution in [0.5, 0.6) is 0 Å². The van der Waals surface area contributed by atoms with E-state index in [1.165, 1.54) is 6.07 Å². The van der Waals surface area contributed by atoms with Gasteiger partial charge in [0.1, 0.15) is 11.6 Å². The van der Waals surface area contributed by atoms with Gasteiger partial charge in [-0.1, -0.05) is 36.5 Å². The summed E-state index contributed by atoms with van der Waals surface area (Å²) in [4.78, 5) is 4.84. The van der Waals surface area contributed by atoms with E-state index in [0.29, 0.717) is 22.9 Å². The van der Waals surface area contributed by atoms with Crippen LogP contribution in [0, 0.1) is 5.82 Å². The zero-order valence-electron chi connectivity index (χ0n) is 10.6. The highest BCUT2D eigenvalue weighted by molar-refractivity contribution is 7.80. The number of nitrogens with zero attached hydrogens (tertiary/aromatic N) is 2. The quantitative estimate of drug-likeness (QED) is 0.752. The lowest BCUT2D eigenvalue weighted by Gasteiger charge is -2.08. The van der Waals surface area contributed by atoms with Crippen LogP contribution >= 0.6 is 12.2 Å². The van der Waals surface area contributed by atoms with Crippen molar-refractivity contribution in [1.82, 2.24) is 9.55 Å². The van der Waals surface area contributed by atoms with E-state index in [1.54, 1.807) is 18.2 Å². The van der Waals surface area contributed by atoms with Gasteiger partial charge < -0.3 is 10.3 Å². The molecule has 0 aliphatic carbocycles. The predicted molar refractivity (Wildman–Crippen MR) is 81.9 cm³/mol. The van der Waals surface area contributed by atoms with E-state index >= 15 is 0 Å². The van der Waals surface area contributed by atoms with E-state index in [-0.39, 0.29) is 5.82 Å². The van der Waals surface area contributed by atoms with Crippen LogP contribution in [0.25, 0.3) is 22.4 Å². The van der Waals surface area contributed by atoms with Crippen molar-refractivity contribution in [2.24, 2.45) is 5.73 Å². The third kappa shape index (κ3) is 2.16. The van der Waals surface area contributed by atoms with E-state index in [0.717, 1.165) is 11.0 Å². The molecule has 0 aliphatic rings. The van der Waals surface area contributed by atoms with Crippen molar-refractivity contribution in [1.29, 1.82) is 0 Å². The highest BCUT2D eigenvalue weighted by Gasteiger charge is 2.15. The summed E-state index contributed by atoms with van der Waals surface area (Å²) in [6.07, 6.45) is 0. The maximum atomic E-state index is 14.0. The fraction of sp³-hybridized carbons (Fsp3) is 0.0667. The van der Waals surface area contributed by atoms with E-state index < -0.39 is 0 Å². The molecule has 0 unspecified atom stereocenters. The molecule has 20 heavy (non-hydrogen) atoms. The van der Waals surface area contributed by atoms with Gasteiger partial charge in [0.2, 0.25) is 0 Å². The predicted octanol–water partition coefficient (Wildman–Crippen LogP) is 3.13. The lowest BCUT2D eigenvalue weighted by molar-refractivity contribution is 0.628. The first kappa shape index (κ1) is 12.7. The van der Waals surface area contributed by atoms with Gasteiger partial charge in [-0.25, -0.2) is 9.37 Å². The fourth-order valence-electron chi connectivity index (χ4n) is 2.24. The van der Waals surface area contributed by atoms with Crippen LogP contribution in [0.2, 0.25) is 0 Å². The third-order valence-electron chi connectivity index (χ3n) is 3.08. The van der Waals surface area contributed by atoms with Crippen molar-refractivity contribution in [2.45, 2.75) is 6.54 Å². The Morgan fingerprint density at radius 1 is 1.15 bits per heavy atom. The Balaban J connectivity index is 2.29. The number of halogens is 1. The first-order chi connectivity index (χ1) is 9.66. The molecular weight excluding hydrogens is 273 g/mol. The van der Waals surface area contributed by atoms with Crippen LogP contribution in [-0.4, -0.2) is 14.5 Å². The summed E-state index contributed by atoms with van der Waals surface area (Å²) in [7, 11) is 0. The Kier molecular flexibility index (Phi) is 3.20. The number of aromatic nitrogens is 2. The molecule has 0 saturated heterocycles. The molecule has 0 fully saturated rings. The summed E-state index contributed by atoms with van der Waals surface area (Å²) in [5.74, 6) is 0.226. The van der Waals surface area contributed by atoms with Gasteiger partial charge in [0.15, 0.2) is 0 Å². The monoisotopic (exact) mass is 285 g/mol. The highest BCUT2D eigenvalue weighted by atomic mass is 32.1. The number of hydrogen-bond acceptors (Lipinski definition) is 2. The summed E-state index contributed by atoms with van der Waals surface area (Å²) >= 11 is 4.98. The first-order valence-corrected chi connectivity index (χ1v) is 6.56. The number of nitrogens with two attached hydrogens (primary N) is 1. The number of hydrogen-bond donors (Lipinski definition) is 1. The molecule has 3 aromatic rings. The summed E-state index contributed by atoms with van der Waals surface area (Å²) in [6.45, 7) is 0.333. The molecule has 5 heteroatoms. The maximum absolute atomic E-state index is 14.0. The minimum atomic E-state index is -0.313. The molecule has 2 N–H and O–H groups in total. The van der Waals surface area contributed by atoms with Gasteiger partial charge in [0.05, 0.1) is 28.1 Å². The molecule has 100 valence electrons. The largest absolute Gasteiger partial charge is 0.392 e. The molecule has 0 atom stereocenters. The number of rotatable bonds is 3. The molecule has 0 radical (unpaired) electrons. The van der Waals surface area contributed by atoms with Gasteiger partial charge in [-0.05, 0) is 24.3 Å². The molecule has 1 heterocycles. The van der Waals surface area contributed by atoms with Crippen LogP contribution in [-0.2, 0) is 6.54 Å². The van der Waals surface area contributed by atoms with Gasteiger partial charge in [-0.2, -0.15) is 0 Å². The summed E-state index contributed by atoms with van der Waals surface area (Å²) in [5.41, 5.74) is 7.77. The third-order valence-corrected chi connectivity index (χ3v) is 3.21. The lowest BCUT2D eigenvalue weighted by atomic mass is 10.2. The minimum Gasteiger partial charge on any atom is -0.392 e. The molecule has 2 aromatic carbocycles. The molecular formula is C15H12FN3S. The van der Waals surface area contributed by atoms with Crippen molar-refractivity contribution < 1.29 is 4.39 Å². The standard InChI is InChI=1S/C15H12FN3S/c16-11-6-2-1-5-10(11)15-18-12-7-3-4-8-13(12)19(15)9-14(17)20/h1-8H,9H2,(H2,17,20). The zero-order chi connectivity index (χ0) is 14.1. The molecule has 1 aromatic heterocycles. The second-order valence-corrected chi connectivity index (χ2v) is 4.98. The zero-order valence-corrected chi connectivity index (χ0v) is 11.4. The Bertz CT molecular complexity index is 795. The van der Waals surface area contributed by atoms with Gasteiger partial charge in [-0.15, -0.1) is 0 Å². The van der Waals surface area contributed by atoms with Crippen LogP contribution in [0.15, 0.2) is 48.5 Å². The van der Waals surface area contributed by atoms with Gasteiger partial charge in [0, 0.05) is 0 Å². The van der Waals surface area contributed by atoms with Crippen LogP contribution < -0.4 is 5.73 Å². The highest BCUT2D eigenvalue weighted by Crippen LogP contribution is 2.26. The molecule has 0 amide bonds. The minimum absolute atomic E-state index is 0.313. The molecule has 0 bridgehead atoms. The Labute approximate surface area is 120 Å². The van der Waals surface area contributed by atoms with E-state index in [2.05, 4.69) is 4.98 Å². The van der Waals surface area contributed by atoms with E-state index in [9.17, 15) is 4.39 Å². The van der Waals surface area contributed by atoms with Gasteiger partial charge >= 0.3 is 0 Å². The normalized spacial score (nSPS) is 10.8. The van der Waals surface area contributed by atoms with E-state index in [1.807, 2.05) is 28.8 Å². The molecule has 0 aliphatic heterocycles. The average molecular weight is 285 g/mol. The van der Waals surface area contributed by atoms with Crippen molar-refractivity contribution in [3.63, 3.8) is 0 Å². The summed E-state index contributed by atoms with van der Waals surface area (Å²) in [6, 6.07) is 14.2. The first-order valence-electron chi connectivity index (χ1n) is 6.15. The number of imidazole rings is 1. The lowest BCUT2D eigenvalue weighted by Crippen LogP contribution is -2.17. The van der Waals surface area contributed by atoms with Crippen molar-refractivity contribution in [2.75, 3.05) is 0 Å². The SMILES string of the molecule is NC(=S)Cn1c(-c2ccccc2F)nc2ccccc21. The fourth-order valence-corrected chi connectivity index (χ4v) is 2.37. The number of benzene rings is 2. The Morgan fingerprint density at radius 2 is 1.85 bits per heavy atom. The number of thiocarbonyl (C=S) groups is 1. The second-order valence-electron chi connectivity index (χ2n) is 4.46. The maximum Gasteiger partial charge on any atom is 0.144 e. The van der Waals surface area contributed by atoms with Crippen LogP contribution in [0.1, 0.15) is 0 Å². The second kappa shape index (κ2) is 5.02. The van der Waals surface area contributed by atoms with Gasteiger partial charge in [0.25, 0.3) is 0 Å². The topological polar surface area (TPSA) is 43.8 Å². The summed E-state index contributed by atoms with van der Waals surface area (Å²) < 4.78 is 15.8. The van der Waals surface area contributed by atoms with Gasteiger partial charge in [-0.3, -0.25) is 0 Å². The number of fused-ring (bicyclic) bond motifs is 1. The molecule has 3 rings (SSSR count). The molecule has 3 nitrogen and oxygen atoms in total. The van der Waals surface area contributed by atoms with Crippen LogP contribution in [0.4, 0.5) is 4.39 Å². The summed E-state index contributed by atoms with van der Waals surface area (Å²) in [5, 5.41) is 0. The smallest absolute Gasteiger partial charge is 0.144 e. The Morgan fingerprint density at radius 3 is 2.60 bits per heavy atom. The van der Waals surface area contributed by atoms with Crippen molar-refractivity contribution in [3.8, 4) is 11.4 Å². The Hall–Kier alpha value is -2.27. The number of para-hydroxylation sites is 2. The average Bonchev–Trinajstić information content (AvgIpc) is 2.78. The van der Waals surface area contributed by atoms with Crippen molar-refractivity contribution >= 4 is 28.2 Å². The molecule has 0 spiro atoms. The molecule has 0 saturated carbocycles. The van der Waals surface area contributed by atoms with Crippen LogP contribution in [0.3, 0.4) is 0 Å². The van der Waals surface area contributed by atoms with E-state index in [4.69, 9.17) is 18.0 Å². The van der Waals surface area contributed by atoms with Crippen molar-refractivity contribution in [3.05, 3.63) is 54.3 Å².